The zero-order valence-electron chi connectivity index (χ0n) is 13.6. The molecule has 24 heavy (non-hydrogen) atoms. The minimum Gasteiger partial charge on any atom is -0.288 e. The van der Waals surface area contributed by atoms with Gasteiger partial charge in [-0.25, -0.2) is 10.4 Å². The number of hydrogen-bond acceptors (Lipinski definition) is 4. The maximum Gasteiger partial charge on any atom is 0.271 e. The highest BCUT2D eigenvalue weighted by atomic mass is 35.5. The molecule has 0 fully saturated rings. The number of hydrazone groups is 1. The number of fused-ring (bicyclic) bond motifs is 1. The highest BCUT2D eigenvalue weighted by molar-refractivity contribution is 7.15. The molecule has 1 N–H and O–H groups in total. The molecule has 1 amide bonds. The van der Waals surface area contributed by atoms with Crippen molar-refractivity contribution in [3.63, 3.8) is 0 Å². The van der Waals surface area contributed by atoms with Crippen molar-refractivity contribution in [1.29, 1.82) is 0 Å². The summed E-state index contributed by atoms with van der Waals surface area (Å²) in [6, 6.07) is 7.52. The number of hydrogen-bond donors (Lipinski definition) is 1. The molecule has 124 valence electrons. The lowest BCUT2D eigenvalue weighted by atomic mass is 9.87. The van der Waals surface area contributed by atoms with E-state index in [2.05, 4.69) is 36.3 Å². The van der Waals surface area contributed by atoms with Gasteiger partial charge in [-0.2, -0.15) is 5.10 Å². The van der Waals surface area contributed by atoms with Gasteiger partial charge >= 0.3 is 0 Å². The van der Waals surface area contributed by atoms with Crippen molar-refractivity contribution < 1.29 is 4.79 Å². The number of halogens is 1. The smallest absolute Gasteiger partial charge is 0.271 e. The van der Waals surface area contributed by atoms with Gasteiger partial charge < -0.3 is 0 Å². The first-order valence-electron chi connectivity index (χ1n) is 7.41. The van der Waals surface area contributed by atoms with Crippen molar-refractivity contribution in [1.82, 2.24) is 14.8 Å². The molecule has 5 nitrogen and oxygen atoms in total. The lowest BCUT2D eigenvalue weighted by Crippen LogP contribution is -2.18. The minimum absolute atomic E-state index is 0.0534. The number of rotatable bonds is 3. The van der Waals surface area contributed by atoms with Crippen LogP contribution >= 0.6 is 22.9 Å². The van der Waals surface area contributed by atoms with Crippen LogP contribution in [0.5, 0.6) is 0 Å². The van der Waals surface area contributed by atoms with Gasteiger partial charge in [0.2, 0.25) is 0 Å². The Labute approximate surface area is 149 Å². The van der Waals surface area contributed by atoms with E-state index in [0.29, 0.717) is 16.4 Å². The van der Waals surface area contributed by atoms with E-state index in [1.807, 2.05) is 28.1 Å². The molecule has 0 bridgehead atoms. The number of carbonyl (C=O) groups excluding carboxylic acids is 1. The topological polar surface area (TPSA) is 58.8 Å². The Bertz CT molecular complexity index is 903. The number of carbonyl (C=O) groups is 1. The van der Waals surface area contributed by atoms with Crippen molar-refractivity contribution in [3.05, 3.63) is 57.8 Å². The standard InChI is InChI=1S/C17H17ClN4OS/c1-17(2,3)12-6-4-11(5-7-12)15(23)21-19-10-13-14(18)20-16-22(13)8-9-24-16/h4-10H,1-3H3,(H,21,23)/b19-10-. The van der Waals surface area contributed by atoms with Crippen molar-refractivity contribution in [2.45, 2.75) is 26.2 Å². The van der Waals surface area contributed by atoms with Gasteiger partial charge in [-0.15, -0.1) is 11.3 Å². The Balaban J connectivity index is 1.71. The van der Waals surface area contributed by atoms with E-state index in [1.54, 1.807) is 12.1 Å². The minimum atomic E-state index is -0.270. The summed E-state index contributed by atoms with van der Waals surface area (Å²) in [7, 11) is 0. The molecular formula is C17H17ClN4OS. The maximum atomic E-state index is 12.2. The number of amides is 1. The SMILES string of the molecule is CC(C)(C)c1ccc(C(=O)N/N=C\c2c(Cl)nc3sccn23)cc1. The third-order valence-corrected chi connectivity index (χ3v) is 4.65. The summed E-state index contributed by atoms with van der Waals surface area (Å²) in [4.78, 5) is 17.1. The van der Waals surface area contributed by atoms with Gasteiger partial charge in [-0.3, -0.25) is 9.20 Å². The number of aromatic nitrogens is 2. The molecule has 3 aromatic rings. The third kappa shape index (κ3) is 3.34. The molecule has 0 aliphatic carbocycles. The van der Waals surface area contributed by atoms with Crippen molar-refractivity contribution in [3.8, 4) is 0 Å². The molecule has 0 atom stereocenters. The Kier molecular flexibility index (Phi) is 4.43. The molecule has 0 saturated heterocycles. The fourth-order valence-electron chi connectivity index (χ4n) is 2.23. The first kappa shape index (κ1) is 16.7. The van der Waals surface area contributed by atoms with Crippen molar-refractivity contribution >= 4 is 40.0 Å². The second-order valence-electron chi connectivity index (χ2n) is 6.37. The molecule has 2 aromatic heterocycles. The third-order valence-electron chi connectivity index (χ3n) is 3.62. The van der Waals surface area contributed by atoms with E-state index in [0.717, 1.165) is 4.96 Å². The van der Waals surface area contributed by atoms with Gasteiger partial charge in [-0.1, -0.05) is 44.5 Å². The van der Waals surface area contributed by atoms with Gasteiger partial charge in [0.1, 0.15) is 5.69 Å². The number of nitrogens with zero attached hydrogens (tertiary/aromatic N) is 3. The predicted octanol–water partition coefficient (Wildman–Crippen LogP) is 4.11. The summed E-state index contributed by atoms with van der Waals surface area (Å²) < 4.78 is 1.82. The molecule has 2 heterocycles. The lowest BCUT2D eigenvalue weighted by molar-refractivity contribution is 0.0955. The van der Waals surface area contributed by atoms with E-state index >= 15 is 0 Å². The zero-order valence-corrected chi connectivity index (χ0v) is 15.1. The molecular weight excluding hydrogens is 344 g/mol. The molecule has 0 radical (unpaired) electrons. The van der Waals surface area contributed by atoms with Crippen LogP contribution in [0, 0.1) is 0 Å². The average molecular weight is 361 g/mol. The molecule has 0 unspecified atom stereocenters. The van der Waals surface area contributed by atoms with Crippen LogP contribution in [0.2, 0.25) is 5.15 Å². The van der Waals surface area contributed by atoms with E-state index in [-0.39, 0.29) is 11.3 Å². The lowest BCUT2D eigenvalue weighted by Gasteiger charge is -2.18. The number of imidazole rings is 1. The first-order chi connectivity index (χ1) is 11.4. The Morgan fingerprint density at radius 1 is 1.33 bits per heavy atom. The van der Waals surface area contributed by atoms with E-state index in [9.17, 15) is 4.79 Å². The quantitative estimate of drug-likeness (QED) is 0.564. The summed E-state index contributed by atoms with van der Waals surface area (Å²) in [6.07, 6.45) is 3.35. The van der Waals surface area contributed by atoms with Crippen LogP contribution in [0.3, 0.4) is 0 Å². The van der Waals surface area contributed by atoms with Gasteiger partial charge in [0.05, 0.1) is 6.21 Å². The van der Waals surface area contributed by atoms with Crippen LogP contribution in [0.4, 0.5) is 0 Å². The van der Waals surface area contributed by atoms with Crippen molar-refractivity contribution in [2.75, 3.05) is 0 Å². The van der Waals surface area contributed by atoms with Crippen LogP contribution < -0.4 is 5.43 Å². The number of thiazole rings is 1. The van der Waals surface area contributed by atoms with Crippen molar-refractivity contribution in [2.24, 2.45) is 5.10 Å². The molecule has 0 saturated carbocycles. The van der Waals surface area contributed by atoms with Crippen LogP contribution in [0.25, 0.3) is 4.96 Å². The summed E-state index contributed by atoms with van der Waals surface area (Å²) >= 11 is 7.55. The zero-order chi connectivity index (χ0) is 17.3. The van der Waals surface area contributed by atoms with Crippen LogP contribution in [-0.4, -0.2) is 21.5 Å². The van der Waals surface area contributed by atoms with Gasteiger partial charge in [0, 0.05) is 17.1 Å². The highest BCUT2D eigenvalue weighted by Crippen LogP contribution is 2.22. The van der Waals surface area contributed by atoms with E-state index < -0.39 is 0 Å². The number of benzene rings is 1. The summed E-state index contributed by atoms with van der Waals surface area (Å²) in [5.41, 5.74) is 4.93. The summed E-state index contributed by atoms with van der Waals surface area (Å²) in [5.74, 6) is -0.270. The van der Waals surface area contributed by atoms with Crippen LogP contribution in [0.15, 0.2) is 40.9 Å². The van der Waals surface area contributed by atoms with Crippen LogP contribution in [0.1, 0.15) is 42.4 Å². The molecule has 7 heteroatoms. The monoisotopic (exact) mass is 360 g/mol. The van der Waals surface area contributed by atoms with E-state index in [4.69, 9.17) is 11.6 Å². The second kappa shape index (κ2) is 6.37. The first-order valence-corrected chi connectivity index (χ1v) is 8.67. The molecule has 1 aromatic carbocycles. The highest BCUT2D eigenvalue weighted by Gasteiger charge is 2.14. The van der Waals surface area contributed by atoms with Gasteiger partial charge in [-0.05, 0) is 23.1 Å². The summed E-state index contributed by atoms with van der Waals surface area (Å²) in [5, 5.41) is 6.25. The Morgan fingerprint density at radius 2 is 2.04 bits per heavy atom. The summed E-state index contributed by atoms with van der Waals surface area (Å²) in [6.45, 7) is 6.40. The predicted molar refractivity (Wildman–Crippen MR) is 98.3 cm³/mol. The Morgan fingerprint density at radius 3 is 2.71 bits per heavy atom. The second-order valence-corrected chi connectivity index (χ2v) is 7.60. The average Bonchev–Trinajstić information content (AvgIpc) is 3.08. The molecule has 0 aliphatic rings. The molecule has 3 rings (SSSR count). The normalized spacial score (nSPS) is 12.2. The Hall–Kier alpha value is -2.18. The fourth-order valence-corrected chi connectivity index (χ4v) is 3.22. The largest absolute Gasteiger partial charge is 0.288 e. The molecule has 0 aliphatic heterocycles. The van der Waals surface area contributed by atoms with Gasteiger partial charge in [0.25, 0.3) is 5.91 Å². The molecule has 0 spiro atoms. The number of nitrogens with one attached hydrogen (secondary N) is 1. The fraction of sp³-hybridized carbons (Fsp3) is 0.235. The maximum absolute atomic E-state index is 12.2. The van der Waals surface area contributed by atoms with Gasteiger partial charge in [0.15, 0.2) is 10.1 Å². The van der Waals surface area contributed by atoms with E-state index in [1.165, 1.54) is 23.1 Å². The van der Waals surface area contributed by atoms with Crippen LogP contribution in [-0.2, 0) is 5.41 Å².